The van der Waals surface area contributed by atoms with Gasteiger partial charge in [-0.2, -0.15) is 0 Å². The number of hydrogen-bond donors (Lipinski definition) is 2. The Morgan fingerprint density at radius 2 is 2.19 bits per heavy atom. The lowest BCUT2D eigenvalue weighted by molar-refractivity contribution is -0.120. The quantitative estimate of drug-likeness (QED) is 0.625. The van der Waals surface area contributed by atoms with E-state index in [1.165, 1.54) is 0 Å². The van der Waals surface area contributed by atoms with Gasteiger partial charge in [0.2, 0.25) is 5.91 Å². The van der Waals surface area contributed by atoms with Crippen LogP contribution in [0.5, 0.6) is 0 Å². The fourth-order valence-corrected chi connectivity index (χ4v) is 1.83. The van der Waals surface area contributed by atoms with Crippen LogP contribution < -0.4 is 11.1 Å². The molecule has 0 spiro atoms. The molecule has 1 aromatic rings. The fraction of sp³-hybridized carbons (Fsp3) is 0.364. The van der Waals surface area contributed by atoms with Gasteiger partial charge in [0, 0.05) is 10.1 Å². The fourth-order valence-electron chi connectivity index (χ4n) is 1.22. The Balaban J connectivity index is 0.00000225. The maximum Gasteiger partial charge on any atom is 0.224 e. The van der Waals surface area contributed by atoms with Gasteiger partial charge in [-0.15, -0.1) is 12.4 Å². The summed E-state index contributed by atoms with van der Waals surface area (Å²) in [6.45, 7) is 1.28. The first-order chi connectivity index (χ1) is 7.22. The van der Waals surface area contributed by atoms with Crippen LogP contribution in [0.25, 0.3) is 0 Å². The monoisotopic (exact) mass is 354 g/mol. The summed E-state index contributed by atoms with van der Waals surface area (Å²) in [6.07, 6.45) is 1.28. The van der Waals surface area contributed by atoms with E-state index in [1.807, 2.05) is 24.3 Å². The summed E-state index contributed by atoms with van der Waals surface area (Å²) in [7, 11) is 0. The zero-order chi connectivity index (χ0) is 11.1. The van der Waals surface area contributed by atoms with Gasteiger partial charge in [-0.25, -0.2) is 0 Å². The number of carbonyl (C=O) groups excluding carboxylic acids is 1. The van der Waals surface area contributed by atoms with E-state index in [9.17, 15) is 4.79 Å². The van der Waals surface area contributed by atoms with Crippen LogP contribution in [0.1, 0.15) is 12.0 Å². The second kappa shape index (κ2) is 8.78. The van der Waals surface area contributed by atoms with Crippen LogP contribution in [0.15, 0.2) is 24.3 Å². The van der Waals surface area contributed by atoms with E-state index in [-0.39, 0.29) is 18.3 Å². The molecule has 0 heterocycles. The highest BCUT2D eigenvalue weighted by Crippen LogP contribution is 2.08. The maximum atomic E-state index is 11.4. The first-order valence-corrected chi connectivity index (χ1v) is 6.01. The van der Waals surface area contributed by atoms with Crippen molar-refractivity contribution in [3.8, 4) is 0 Å². The minimum Gasteiger partial charge on any atom is -0.356 e. The van der Waals surface area contributed by atoms with Gasteiger partial charge in [-0.3, -0.25) is 4.79 Å². The second-order valence-electron chi connectivity index (χ2n) is 3.30. The summed E-state index contributed by atoms with van der Waals surface area (Å²) in [4.78, 5) is 11.4. The average Bonchev–Trinajstić information content (AvgIpc) is 2.18. The smallest absolute Gasteiger partial charge is 0.224 e. The molecule has 0 fully saturated rings. The Kier molecular flexibility index (Phi) is 8.60. The number of benzene rings is 1. The Morgan fingerprint density at radius 1 is 1.44 bits per heavy atom. The summed E-state index contributed by atoms with van der Waals surface area (Å²) < 4.78 is 1.15. The summed E-state index contributed by atoms with van der Waals surface area (Å²) in [6, 6.07) is 7.95. The van der Waals surface area contributed by atoms with Crippen LogP contribution in [-0.2, 0) is 11.2 Å². The summed E-state index contributed by atoms with van der Waals surface area (Å²) in [5, 5.41) is 2.83. The number of nitrogens with one attached hydrogen (secondary N) is 1. The lowest BCUT2D eigenvalue weighted by Crippen LogP contribution is -2.27. The van der Waals surface area contributed by atoms with Crippen LogP contribution >= 0.6 is 35.0 Å². The zero-order valence-electron chi connectivity index (χ0n) is 8.91. The van der Waals surface area contributed by atoms with E-state index < -0.39 is 0 Å². The molecule has 0 saturated carbocycles. The molecule has 0 aliphatic heterocycles. The number of nitrogens with two attached hydrogens (primary N) is 1. The zero-order valence-corrected chi connectivity index (χ0v) is 11.9. The van der Waals surface area contributed by atoms with Gasteiger partial charge in [-0.05, 0) is 53.3 Å². The van der Waals surface area contributed by atoms with Crippen molar-refractivity contribution in [1.29, 1.82) is 0 Å². The lowest BCUT2D eigenvalue weighted by Gasteiger charge is -2.04. The second-order valence-corrected chi connectivity index (χ2v) is 4.54. The molecule has 0 saturated heterocycles. The molecule has 16 heavy (non-hydrogen) atoms. The third-order valence-corrected chi connectivity index (χ3v) is 2.63. The molecule has 1 rings (SSSR count). The highest BCUT2D eigenvalue weighted by Gasteiger charge is 2.02. The molecule has 0 aliphatic carbocycles. The first kappa shape index (κ1) is 15.7. The molecular weight excluding hydrogens is 338 g/mol. The van der Waals surface area contributed by atoms with E-state index in [0.29, 0.717) is 19.5 Å². The molecule has 3 N–H and O–H groups in total. The number of hydrogen-bond acceptors (Lipinski definition) is 2. The van der Waals surface area contributed by atoms with Crippen LogP contribution in [-0.4, -0.2) is 19.0 Å². The van der Waals surface area contributed by atoms with Crippen molar-refractivity contribution in [3.05, 3.63) is 33.4 Å². The van der Waals surface area contributed by atoms with Gasteiger partial charge < -0.3 is 11.1 Å². The summed E-state index contributed by atoms with van der Waals surface area (Å²) in [5.74, 6) is 0.0606. The van der Waals surface area contributed by atoms with Gasteiger partial charge in [-0.1, -0.05) is 12.1 Å². The standard InChI is InChI=1S/C11H15IN2O.ClH/c12-10-4-1-3-9(7-10)8-11(15)14-6-2-5-13;/h1,3-4,7H,2,5-6,8,13H2,(H,14,15);1H. The maximum absolute atomic E-state index is 11.4. The number of carbonyl (C=O) groups is 1. The van der Waals surface area contributed by atoms with Crippen molar-refractivity contribution in [1.82, 2.24) is 5.32 Å². The van der Waals surface area contributed by atoms with Gasteiger partial charge >= 0.3 is 0 Å². The Labute approximate surface area is 116 Å². The molecule has 0 aromatic heterocycles. The van der Waals surface area contributed by atoms with E-state index in [4.69, 9.17) is 5.73 Å². The minimum atomic E-state index is 0. The molecule has 5 heteroatoms. The molecule has 0 unspecified atom stereocenters. The van der Waals surface area contributed by atoms with Crippen LogP contribution in [0.3, 0.4) is 0 Å². The van der Waals surface area contributed by atoms with Crippen LogP contribution in [0.2, 0.25) is 0 Å². The number of amides is 1. The van der Waals surface area contributed by atoms with Gasteiger partial charge in [0.05, 0.1) is 6.42 Å². The molecule has 3 nitrogen and oxygen atoms in total. The van der Waals surface area contributed by atoms with Crippen molar-refractivity contribution in [2.45, 2.75) is 12.8 Å². The highest BCUT2D eigenvalue weighted by atomic mass is 127. The van der Waals surface area contributed by atoms with Crippen molar-refractivity contribution in [3.63, 3.8) is 0 Å². The average molecular weight is 355 g/mol. The number of rotatable bonds is 5. The SMILES string of the molecule is Cl.NCCCNC(=O)Cc1cccc(I)c1. The first-order valence-electron chi connectivity index (χ1n) is 4.93. The number of halogens is 2. The van der Waals surface area contributed by atoms with E-state index in [2.05, 4.69) is 27.9 Å². The van der Waals surface area contributed by atoms with Crippen molar-refractivity contribution < 1.29 is 4.79 Å². The Bertz CT molecular complexity index is 334. The molecule has 1 amide bonds. The van der Waals surface area contributed by atoms with E-state index >= 15 is 0 Å². The molecule has 90 valence electrons. The Morgan fingerprint density at radius 3 is 2.81 bits per heavy atom. The van der Waals surface area contributed by atoms with Crippen LogP contribution in [0, 0.1) is 3.57 Å². The summed E-state index contributed by atoms with van der Waals surface area (Å²) >= 11 is 2.24. The molecule has 1 aromatic carbocycles. The molecule has 0 aliphatic rings. The minimum absolute atomic E-state index is 0. The molecule has 0 atom stereocenters. The largest absolute Gasteiger partial charge is 0.356 e. The molecule has 0 radical (unpaired) electrons. The van der Waals surface area contributed by atoms with Gasteiger partial charge in [0.15, 0.2) is 0 Å². The topological polar surface area (TPSA) is 55.1 Å². The normalized spacial score (nSPS) is 9.38. The van der Waals surface area contributed by atoms with Crippen molar-refractivity contribution in [2.75, 3.05) is 13.1 Å². The van der Waals surface area contributed by atoms with Crippen molar-refractivity contribution in [2.24, 2.45) is 5.73 Å². The van der Waals surface area contributed by atoms with E-state index in [0.717, 1.165) is 15.6 Å². The highest BCUT2D eigenvalue weighted by molar-refractivity contribution is 14.1. The van der Waals surface area contributed by atoms with Crippen LogP contribution in [0.4, 0.5) is 0 Å². The van der Waals surface area contributed by atoms with E-state index in [1.54, 1.807) is 0 Å². The summed E-state index contributed by atoms with van der Waals surface area (Å²) in [5.41, 5.74) is 6.38. The Hall–Kier alpha value is -0.330. The van der Waals surface area contributed by atoms with Gasteiger partial charge in [0.25, 0.3) is 0 Å². The third-order valence-electron chi connectivity index (χ3n) is 1.96. The molecule has 0 bridgehead atoms. The molecular formula is C11H16ClIN2O. The van der Waals surface area contributed by atoms with Gasteiger partial charge in [0.1, 0.15) is 0 Å². The van der Waals surface area contributed by atoms with Crippen molar-refractivity contribution >= 4 is 40.9 Å². The predicted molar refractivity (Wildman–Crippen MR) is 76.8 cm³/mol. The predicted octanol–water partition coefficient (Wildman–Crippen LogP) is 1.72. The third kappa shape index (κ3) is 6.30. The lowest BCUT2D eigenvalue weighted by atomic mass is 10.1.